The third-order valence-electron chi connectivity index (χ3n) is 6.36. The molecule has 1 aromatic rings. The van der Waals surface area contributed by atoms with Gasteiger partial charge in [0.2, 0.25) is 0 Å². The predicted octanol–water partition coefficient (Wildman–Crippen LogP) is 3.04. The number of halogens is 3. The number of carbonyl (C=O) groups excluding carboxylic acids is 1. The van der Waals surface area contributed by atoms with Gasteiger partial charge in [-0.15, -0.1) is 6.42 Å². The smallest absolute Gasteiger partial charge is 0.423 e. The predicted molar refractivity (Wildman–Crippen MR) is 119 cm³/mol. The number of alkyl halides is 3. The van der Waals surface area contributed by atoms with Gasteiger partial charge in [-0.05, 0) is 19.8 Å². The van der Waals surface area contributed by atoms with Crippen LogP contribution in [0.15, 0.2) is 15.8 Å². The van der Waals surface area contributed by atoms with Gasteiger partial charge < -0.3 is 19.1 Å². The number of rotatable bonds is 7. The molecular weight excluding hydrogens is 471 g/mol. The van der Waals surface area contributed by atoms with Gasteiger partial charge in [0, 0.05) is 25.2 Å². The zero-order valence-corrected chi connectivity index (χ0v) is 19.5. The molecule has 1 aliphatic carbocycles. The second-order valence-electron chi connectivity index (χ2n) is 8.63. The van der Waals surface area contributed by atoms with Crippen LogP contribution in [-0.4, -0.2) is 58.6 Å². The van der Waals surface area contributed by atoms with Crippen LogP contribution in [0.2, 0.25) is 0 Å². The van der Waals surface area contributed by atoms with E-state index in [0.717, 1.165) is 38.5 Å². The number of H-pyrrole nitrogens is 1. The minimum absolute atomic E-state index is 0.0345. The summed E-state index contributed by atoms with van der Waals surface area (Å²) in [4.78, 5) is 40.0. The molecule has 35 heavy (non-hydrogen) atoms. The highest BCUT2D eigenvalue weighted by molar-refractivity contribution is 5.68. The first-order chi connectivity index (χ1) is 16.7. The average molecular weight is 502 g/mol. The van der Waals surface area contributed by atoms with Crippen LogP contribution >= 0.6 is 0 Å². The second-order valence-corrected chi connectivity index (χ2v) is 8.63. The van der Waals surface area contributed by atoms with Gasteiger partial charge in [0.15, 0.2) is 0 Å². The fraction of sp³-hybridized carbons (Fsp3) is 0.696. The van der Waals surface area contributed by atoms with E-state index in [2.05, 4.69) is 5.92 Å². The Bertz CT molecular complexity index is 1020. The Kier molecular flexibility index (Phi) is 9.02. The van der Waals surface area contributed by atoms with E-state index < -0.39 is 47.5 Å². The summed E-state index contributed by atoms with van der Waals surface area (Å²) in [5, 5.41) is 0. The van der Waals surface area contributed by atoms with E-state index in [9.17, 15) is 27.6 Å². The molecular formula is C23H30F3N3O6. The lowest BCUT2D eigenvalue weighted by Crippen LogP contribution is -2.42. The minimum Gasteiger partial charge on any atom is -0.447 e. The molecule has 1 N–H and O–H groups in total. The lowest BCUT2D eigenvalue weighted by atomic mass is 10.1. The molecule has 1 amide bonds. The number of nitrogens with one attached hydrogen (secondary N) is 1. The Balaban J connectivity index is 1.73. The molecule has 0 spiro atoms. The average Bonchev–Trinajstić information content (AvgIpc) is 3.00. The van der Waals surface area contributed by atoms with E-state index in [4.69, 9.17) is 20.6 Å². The fourth-order valence-corrected chi connectivity index (χ4v) is 4.60. The zero-order chi connectivity index (χ0) is 25.6. The third kappa shape index (κ3) is 6.67. The van der Waals surface area contributed by atoms with E-state index in [1.54, 1.807) is 9.88 Å². The molecule has 2 aliphatic rings. The number of carbonyl (C=O) groups is 1. The van der Waals surface area contributed by atoms with Crippen LogP contribution < -0.4 is 11.2 Å². The van der Waals surface area contributed by atoms with Gasteiger partial charge in [-0.1, -0.05) is 31.6 Å². The summed E-state index contributed by atoms with van der Waals surface area (Å²) >= 11 is 0. The summed E-state index contributed by atoms with van der Waals surface area (Å²) in [6, 6.07) is 0.0845. The molecule has 9 nitrogen and oxygen atoms in total. The van der Waals surface area contributed by atoms with Crippen molar-refractivity contribution in [2.75, 3.05) is 19.8 Å². The van der Waals surface area contributed by atoms with Crippen molar-refractivity contribution >= 4 is 6.09 Å². The normalized spacial score (nSPS) is 23.5. The molecule has 194 valence electrons. The van der Waals surface area contributed by atoms with E-state index in [0.29, 0.717) is 17.3 Å². The van der Waals surface area contributed by atoms with Gasteiger partial charge in [0.1, 0.15) is 31.1 Å². The standard InChI is InChI=1S/C23H30F3N3O6/c1-3-11-33-17-12-19(29-13-16(23(24,25)26)20(30)27-21(29)31)35-18(17)14-34-22(32)28(4-2)15-9-7-5-6-8-10-15/h1,13,15,17-19H,4-12,14H2,2H3,(H,27,30,31)/t17-,18+,19+/m0/s1. The van der Waals surface area contributed by atoms with Crippen molar-refractivity contribution in [3.8, 4) is 12.3 Å². The van der Waals surface area contributed by atoms with Crippen LogP contribution in [0.25, 0.3) is 0 Å². The number of aromatic amines is 1. The van der Waals surface area contributed by atoms with Crippen molar-refractivity contribution < 1.29 is 32.2 Å². The molecule has 1 saturated carbocycles. The maximum Gasteiger partial charge on any atom is 0.423 e. The maximum atomic E-state index is 13.2. The summed E-state index contributed by atoms with van der Waals surface area (Å²) in [6.45, 7) is 2.00. The summed E-state index contributed by atoms with van der Waals surface area (Å²) < 4.78 is 57.0. The van der Waals surface area contributed by atoms with E-state index >= 15 is 0 Å². The van der Waals surface area contributed by atoms with Crippen LogP contribution in [0.1, 0.15) is 63.7 Å². The highest BCUT2D eigenvalue weighted by Gasteiger charge is 2.41. The van der Waals surface area contributed by atoms with Crippen LogP contribution in [-0.2, 0) is 20.4 Å². The summed E-state index contributed by atoms with van der Waals surface area (Å²) in [5.41, 5.74) is -4.13. The first-order valence-corrected chi connectivity index (χ1v) is 11.7. The Hall–Kier alpha value is -2.78. The molecule has 0 unspecified atom stereocenters. The third-order valence-corrected chi connectivity index (χ3v) is 6.36. The van der Waals surface area contributed by atoms with Crippen LogP contribution in [0.5, 0.6) is 0 Å². The van der Waals surface area contributed by atoms with Crippen LogP contribution in [0, 0.1) is 12.3 Å². The molecule has 2 fully saturated rings. The Morgan fingerprint density at radius 3 is 2.57 bits per heavy atom. The van der Waals surface area contributed by atoms with Gasteiger partial charge in [0.05, 0.1) is 6.10 Å². The van der Waals surface area contributed by atoms with Crippen LogP contribution in [0.4, 0.5) is 18.0 Å². The van der Waals surface area contributed by atoms with Crippen molar-refractivity contribution in [1.29, 1.82) is 0 Å². The maximum absolute atomic E-state index is 13.2. The largest absolute Gasteiger partial charge is 0.447 e. The quantitative estimate of drug-likeness (QED) is 0.455. The highest BCUT2D eigenvalue weighted by Crippen LogP contribution is 2.32. The number of ether oxygens (including phenoxy) is 3. The van der Waals surface area contributed by atoms with Crippen molar-refractivity contribution in [3.63, 3.8) is 0 Å². The number of aromatic nitrogens is 2. The second kappa shape index (κ2) is 11.8. The van der Waals surface area contributed by atoms with Gasteiger partial charge in [-0.25, -0.2) is 9.59 Å². The van der Waals surface area contributed by atoms with Crippen molar-refractivity contribution in [3.05, 3.63) is 32.6 Å². The molecule has 12 heteroatoms. The summed E-state index contributed by atoms with van der Waals surface area (Å²) in [7, 11) is 0. The Labute approximate surface area is 200 Å². The monoisotopic (exact) mass is 501 g/mol. The SMILES string of the molecule is C#CCO[C@H]1C[C@H](n2cc(C(F)(F)F)c(=O)[nH]c2=O)O[C@@H]1COC(=O)N(CC)C1CCCCCC1. The molecule has 0 radical (unpaired) electrons. The minimum atomic E-state index is -4.96. The molecule has 1 aliphatic heterocycles. The fourth-order valence-electron chi connectivity index (χ4n) is 4.60. The molecule has 0 bridgehead atoms. The first-order valence-electron chi connectivity index (χ1n) is 11.7. The van der Waals surface area contributed by atoms with E-state index in [-0.39, 0.29) is 25.7 Å². The highest BCUT2D eigenvalue weighted by atomic mass is 19.4. The van der Waals surface area contributed by atoms with Crippen molar-refractivity contribution in [1.82, 2.24) is 14.5 Å². The Morgan fingerprint density at radius 2 is 1.97 bits per heavy atom. The van der Waals surface area contributed by atoms with Crippen LogP contribution in [0.3, 0.4) is 0 Å². The number of hydrogen-bond acceptors (Lipinski definition) is 6. The molecule has 0 aromatic carbocycles. The number of nitrogens with zero attached hydrogens (tertiary/aromatic N) is 2. The molecule has 1 saturated heterocycles. The lowest BCUT2D eigenvalue weighted by molar-refractivity contribution is -0.139. The summed E-state index contributed by atoms with van der Waals surface area (Å²) in [5.74, 6) is 2.30. The number of amides is 1. The van der Waals surface area contributed by atoms with E-state index in [1.807, 2.05) is 6.92 Å². The lowest BCUT2D eigenvalue weighted by Gasteiger charge is -2.30. The summed E-state index contributed by atoms with van der Waals surface area (Å²) in [6.07, 6.45) is 3.50. The van der Waals surface area contributed by atoms with Crippen molar-refractivity contribution in [2.45, 2.75) is 82.5 Å². The zero-order valence-electron chi connectivity index (χ0n) is 19.5. The number of terminal acetylenes is 1. The Morgan fingerprint density at radius 1 is 1.29 bits per heavy atom. The first kappa shape index (κ1) is 26.8. The van der Waals surface area contributed by atoms with E-state index in [1.165, 1.54) is 0 Å². The molecule has 1 aromatic heterocycles. The topological polar surface area (TPSA) is 103 Å². The molecule has 3 rings (SSSR count). The van der Waals surface area contributed by atoms with Gasteiger partial charge in [-0.2, -0.15) is 13.2 Å². The van der Waals surface area contributed by atoms with Crippen molar-refractivity contribution in [2.24, 2.45) is 0 Å². The number of hydrogen-bond donors (Lipinski definition) is 1. The molecule has 3 atom stereocenters. The molecule has 2 heterocycles. The van der Waals surface area contributed by atoms with Gasteiger partial charge >= 0.3 is 18.0 Å². The van der Waals surface area contributed by atoms with Gasteiger partial charge in [0.25, 0.3) is 5.56 Å². The van der Waals surface area contributed by atoms with Gasteiger partial charge in [-0.3, -0.25) is 14.3 Å².